The number of nitrogens with zero attached hydrogens (tertiary/aromatic N) is 2. The second kappa shape index (κ2) is 22.0. The molecular weight excluding hydrogens is 1060 g/mol. The van der Waals surface area contributed by atoms with Gasteiger partial charge in [0.15, 0.2) is 0 Å². The first-order valence-corrected chi connectivity index (χ1v) is 23.3. The van der Waals surface area contributed by atoms with E-state index in [2.05, 4.69) is 0 Å². The number of carbonyl (C=O) groups excluding carboxylic acids is 4. The zero-order valence-corrected chi connectivity index (χ0v) is 42.2. The van der Waals surface area contributed by atoms with E-state index in [1.54, 1.807) is 0 Å². The zero-order valence-electron chi connectivity index (χ0n) is 36.1. The number of phenols is 2. The molecule has 21 heteroatoms. The van der Waals surface area contributed by atoms with Crippen LogP contribution in [0.1, 0.15) is 45.2 Å². The van der Waals surface area contributed by atoms with Crippen molar-refractivity contribution in [3.8, 4) is 33.8 Å². The van der Waals surface area contributed by atoms with Crippen LogP contribution in [0.2, 0.25) is 0 Å². The van der Waals surface area contributed by atoms with Gasteiger partial charge in [-0.05, 0) is 92.7 Å². The van der Waals surface area contributed by atoms with E-state index in [-0.39, 0.29) is 93.3 Å². The van der Waals surface area contributed by atoms with Crippen molar-refractivity contribution < 1.29 is 75.0 Å². The minimum atomic E-state index is -5.31. The molecule has 2 aliphatic rings. The van der Waals surface area contributed by atoms with E-state index < -0.39 is 81.5 Å². The van der Waals surface area contributed by atoms with Gasteiger partial charge in [-0.25, -0.2) is 9.59 Å². The van der Waals surface area contributed by atoms with Gasteiger partial charge >= 0.3 is 81.7 Å². The fourth-order valence-electron chi connectivity index (χ4n) is 8.31. The predicted octanol–water partition coefficient (Wildman–Crippen LogP) is 3.83. The molecule has 8 rings (SSSR count). The first kappa shape index (κ1) is 52.2. The Hall–Kier alpha value is -6.21. The molecule has 0 saturated carbocycles. The zero-order chi connectivity index (χ0) is 48.9. The van der Waals surface area contributed by atoms with Gasteiger partial charge in [-0.2, -0.15) is 25.4 Å². The number of phenolic OH excluding ortho intramolecular Hbond substituents is 2. The number of aromatic hydroxyl groups is 2. The summed E-state index contributed by atoms with van der Waals surface area (Å²) in [7, 11) is -10.6. The summed E-state index contributed by atoms with van der Waals surface area (Å²) < 4.78 is 77.3. The van der Waals surface area contributed by atoms with Crippen molar-refractivity contribution >= 4 is 93.6 Å². The van der Waals surface area contributed by atoms with Gasteiger partial charge in [0.2, 0.25) is 0 Å². The molecule has 4 N–H and O–H groups in total. The Kier molecular flexibility index (Phi) is 16.7. The fourth-order valence-corrected chi connectivity index (χ4v) is 9.76. The first-order chi connectivity index (χ1) is 32.3. The smallest absolute Gasteiger partial charge is 0.548 e. The Morgan fingerprint density at radius 3 is 0.986 bits per heavy atom. The Balaban J connectivity index is 0.000000224. The monoisotopic (exact) mass is 1100 g/mol. The van der Waals surface area contributed by atoms with Crippen molar-refractivity contribution in [2.75, 3.05) is 13.2 Å². The van der Waals surface area contributed by atoms with Crippen LogP contribution in [0.4, 0.5) is 9.59 Å². The van der Waals surface area contributed by atoms with Crippen LogP contribution in [0.15, 0.2) is 146 Å². The molecule has 69 heavy (non-hydrogen) atoms. The number of ether oxygens (including phenoxy) is 2. The van der Waals surface area contributed by atoms with Gasteiger partial charge in [-0.15, -0.1) is 0 Å². The molecule has 0 heterocycles. The minimum absolute atomic E-state index is 0. The quantitative estimate of drug-likeness (QED) is 0.0890. The summed E-state index contributed by atoms with van der Waals surface area (Å²) >= 11 is 0. The summed E-state index contributed by atoms with van der Waals surface area (Å²) in [5.74, 6) is -4.79. The van der Waals surface area contributed by atoms with Crippen molar-refractivity contribution in [1.82, 2.24) is 8.61 Å². The maximum Gasteiger partial charge on any atom is 2.00 e. The Morgan fingerprint density at radius 2 is 0.739 bits per heavy atom. The SMILES string of the molecule is O=C([O-])C(Cc1ccc(O)cc1)N(C(=O)OCC1c2ccccc2-c2ccccc21)S(=O)(=O)O.O=C([O-])C(Cc1ccc(O)cc1)N(C(=O)OCC1c2ccccc2-c2ccccc21)S(=O)(=O)O.[Ba+2]. The third-order valence-corrected chi connectivity index (χ3v) is 13.2. The number of hydrogen-bond donors (Lipinski definition) is 4. The van der Waals surface area contributed by atoms with Crippen molar-refractivity contribution in [2.24, 2.45) is 0 Å². The van der Waals surface area contributed by atoms with Gasteiger partial charge in [0.05, 0.1) is 24.0 Å². The van der Waals surface area contributed by atoms with E-state index >= 15 is 0 Å². The molecule has 0 aliphatic heterocycles. The number of fused-ring (bicyclic) bond motifs is 6. The van der Waals surface area contributed by atoms with Crippen molar-refractivity contribution in [3.05, 3.63) is 179 Å². The van der Waals surface area contributed by atoms with Crippen molar-refractivity contribution in [3.63, 3.8) is 0 Å². The molecule has 6 aromatic carbocycles. The summed E-state index contributed by atoms with van der Waals surface area (Å²) in [6.07, 6.45) is -4.10. The van der Waals surface area contributed by atoms with Gasteiger partial charge in [0, 0.05) is 11.8 Å². The number of carbonyl (C=O) groups is 4. The molecule has 2 aliphatic carbocycles. The van der Waals surface area contributed by atoms with E-state index in [0.717, 1.165) is 44.5 Å². The summed E-state index contributed by atoms with van der Waals surface area (Å²) in [6, 6.07) is 36.3. The maximum absolute atomic E-state index is 12.8. The number of rotatable bonds is 14. The van der Waals surface area contributed by atoms with Gasteiger partial charge in [0.25, 0.3) is 0 Å². The molecule has 0 aromatic heterocycles. The van der Waals surface area contributed by atoms with Crippen LogP contribution in [0.25, 0.3) is 22.3 Å². The van der Waals surface area contributed by atoms with Gasteiger partial charge in [-0.1, -0.05) is 121 Å². The first-order valence-electron chi connectivity index (χ1n) is 20.5. The third kappa shape index (κ3) is 12.0. The fraction of sp³-hybridized carbons (Fsp3) is 0.167. The third-order valence-electron chi connectivity index (χ3n) is 11.4. The molecule has 352 valence electrons. The normalized spacial score (nSPS) is 13.4. The predicted molar refractivity (Wildman–Crippen MR) is 244 cm³/mol. The summed E-state index contributed by atoms with van der Waals surface area (Å²) in [5, 5.41) is 42.3. The number of carboxylic acids is 2. The van der Waals surface area contributed by atoms with Gasteiger partial charge < -0.3 is 39.5 Å². The molecule has 2 atom stereocenters. The van der Waals surface area contributed by atoms with E-state index in [4.69, 9.17) is 9.47 Å². The van der Waals surface area contributed by atoms with Crippen molar-refractivity contribution in [2.45, 2.75) is 36.8 Å². The molecule has 6 aromatic rings. The number of aliphatic carboxylic acids is 2. The largest absolute Gasteiger partial charge is 2.00 e. The van der Waals surface area contributed by atoms with Gasteiger partial charge in [-0.3, -0.25) is 9.11 Å². The Bertz CT molecular complexity index is 2800. The van der Waals surface area contributed by atoms with E-state index in [0.29, 0.717) is 0 Å². The summed E-state index contributed by atoms with van der Waals surface area (Å²) in [5.41, 5.74) is 7.85. The van der Waals surface area contributed by atoms with Crippen LogP contribution >= 0.6 is 0 Å². The standard InChI is InChI=1S/2C24H21NO8S.Ba/c2*26-16-11-9-15(10-12-16)13-22(23(27)28)25(34(30,31)32)24(29)33-14-21-19-7-3-1-5-17(19)18-6-2-4-8-20(18)21;/h2*1-12,21-22,26H,13-14H2,(H,27,28)(H,30,31,32);/q;;+2/p-2. The summed E-state index contributed by atoms with van der Waals surface area (Å²) in [6.45, 7) is -0.560. The summed E-state index contributed by atoms with van der Waals surface area (Å²) in [4.78, 5) is 49.1. The molecule has 2 unspecified atom stereocenters. The number of carboxylic acid groups (broad SMARTS) is 2. The minimum Gasteiger partial charge on any atom is -0.548 e. The second-order valence-electron chi connectivity index (χ2n) is 15.6. The molecule has 2 amide bonds. The number of amides is 2. The van der Waals surface area contributed by atoms with Crippen LogP contribution in [-0.4, -0.2) is 143 Å². The topological polar surface area (TPSA) is 289 Å². The molecular formula is C48H40BaN2O16S2. The average Bonchev–Trinajstić information content (AvgIpc) is 3.80. The maximum atomic E-state index is 12.8. The van der Waals surface area contributed by atoms with Crippen LogP contribution in [0.3, 0.4) is 0 Å². The van der Waals surface area contributed by atoms with Crippen LogP contribution in [0, 0.1) is 0 Å². The number of hydrogen-bond acceptors (Lipinski definition) is 14. The molecule has 0 saturated heterocycles. The van der Waals surface area contributed by atoms with Crippen LogP contribution in [-0.2, 0) is 52.5 Å². The Morgan fingerprint density at radius 1 is 0.478 bits per heavy atom. The number of benzene rings is 6. The Labute approximate surface area is 436 Å². The second-order valence-corrected chi connectivity index (χ2v) is 18.1. The van der Waals surface area contributed by atoms with Crippen molar-refractivity contribution in [1.29, 1.82) is 0 Å². The van der Waals surface area contributed by atoms with Crippen LogP contribution in [0.5, 0.6) is 11.5 Å². The molecule has 0 radical (unpaired) electrons. The van der Waals surface area contributed by atoms with Crippen LogP contribution < -0.4 is 10.2 Å². The average molecular weight is 1100 g/mol. The van der Waals surface area contributed by atoms with E-state index in [1.807, 2.05) is 97.1 Å². The molecule has 18 nitrogen and oxygen atoms in total. The van der Waals surface area contributed by atoms with Gasteiger partial charge in [0.1, 0.15) is 24.7 Å². The molecule has 0 bridgehead atoms. The van der Waals surface area contributed by atoms with E-state index in [9.17, 15) is 65.5 Å². The molecule has 0 spiro atoms. The molecule has 0 fully saturated rings. The van der Waals surface area contributed by atoms with E-state index in [1.165, 1.54) is 48.5 Å².